The van der Waals surface area contributed by atoms with E-state index >= 15 is 0 Å². The number of benzene rings is 2. The highest BCUT2D eigenvalue weighted by Crippen LogP contribution is 2.24. The van der Waals surface area contributed by atoms with Gasteiger partial charge >= 0.3 is 0 Å². The molecule has 0 aliphatic heterocycles. The quantitative estimate of drug-likeness (QED) is 0.384. The molecule has 2 N–H and O–H groups in total. The molecule has 0 aliphatic carbocycles. The van der Waals surface area contributed by atoms with Gasteiger partial charge in [-0.25, -0.2) is 9.37 Å². The molecule has 0 saturated carbocycles. The highest BCUT2D eigenvalue weighted by molar-refractivity contribution is 7.80. The van der Waals surface area contributed by atoms with Crippen molar-refractivity contribution >= 4 is 28.2 Å². The van der Waals surface area contributed by atoms with Crippen molar-refractivity contribution in [2.45, 2.75) is 46.5 Å². The van der Waals surface area contributed by atoms with Crippen molar-refractivity contribution < 1.29 is 4.39 Å². The number of nitrogens with one attached hydrogen (secondary N) is 2. The van der Waals surface area contributed by atoms with Crippen molar-refractivity contribution in [3.8, 4) is 11.1 Å². The molecule has 144 valence electrons. The molecule has 0 radical (unpaired) electrons. The topological polar surface area (TPSA) is 40.7 Å². The maximum atomic E-state index is 13.1. The van der Waals surface area contributed by atoms with Crippen molar-refractivity contribution in [1.82, 2.24) is 15.3 Å². The summed E-state index contributed by atoms with van der Waals surface area (Å²) in [5.74, 6) is 0.801. The SMILES string of the molecule is CC.CC(=S)NCCCCCc1nc2ccc(-c3ccc(F)cc3)cc2[nH]1. The zero-order chi connectivity index (χ0) is 19.6. The molecule has 0 bridgehead atoms. The second-order valence-electron chi connectivity index (χ2n) is 6.22. The van der Waals surface area contributed by atoms with Crippen molar-refractivity contribution in [1.29, 1.82) is 0 Å². The largest absolute Gasteiger partial charge is 0.380 e. The standard InChI is InChI=1S/C20H22FN3S.C2H6/c1-14(25)22-12-4-2-3-5-20-23-18-11-8-16(13-19(18)24-20)15-6-9-17(21)10-7-15;1-2/h6-11,13H,2-5,12H2,1H3,(H,22,25)(H,23,24);1-2H3. The lowest BCUT2D eigenvalue weighted by atomic mass is 10.1. The van der Waals surface area contributed by atoms with E-state index in [1.54, 1.807) is 12.1 Å². The van der Waals surface area contributed by atoms with Gasteiger partial charge in [0, 0.05) is 13.0 Å². The van der Waals surface area contributed by atoms with Crippen molar-refractivity contribution in [2.75, 3.05) is 6.54 Å². The number of fused-ring (bicyclic) bond motifs is 1. The molecule has 0 fully saturated rings. The number of aromatic nitrogens is 2. The minimum absolute atomic E-state index is 0.218. The number of aryl methyl sites for hydroxylation is 1. The van der Waals surface area contributed by atoms with E-state index in [0.717, 1.165) is 65.2 Å². The van der Waals surface area contributed by atoms with Gasteiger partial charge in [0.2, 0.25) is 0 Å². The maximum absolute atomic E-state index is 13.1. The van der Waals surface area contributed by atoms with Gasteiger partial charge in [-0.15, -0.1) is 0 Å². The molecule has 0 saturated heterocycles. The Kier molecular flexibility index (Phi) is 8.40. The Labute approximate surface area is 166 Å². The van der Waals surface area contributed by atoms with E-state index in [2.05, 4.69) is 21.4 Å². The number of halogens is 1. The van der Waals surface area contributed by atoms with E-state index in [1.165, 1.54) is 12.1 Å². The summed E-state index contributed by atoms with van der Waals surface area (Å²) >= 11 is 4.99. The van der Waals surface area contributed by atoms with E-state index in [9.17, 15) is 4.39 Å². The smallest absolute Gasteiger partial charge is 0.123 e. The summed E-state index contributed by atoms with van der Waals surface area (Å²) in [5, 5.41) is 3.18. The number of aromatic amines is 1. The minimum Gasteiger partial charge on any atom is -0.380 e. The molecule has 0 spiro atoms. The number of rotatable bonds is 7. The second-order valence-corrected chi connectivity index (χ2v) is 6.83. The number of thiocarbonyl (C=S) groups is 1. The van der Waals surface area contributed by atoms with Gasteiger partial charge < -0.3 is 10.3 Å². The average molecular weight is 386 g/mol. The highest BCUT2D eigenvalue weighted by atomic mass is 32.1. The lowest BCUT2D eigenvalue weighted by molar-refractivity contribution is 0.628. The van der Waals surface area contributed by atoms with E-state index in [0.29, 0.717) is 0 Å². The fraction of sp³-hybridized carbons (Fsp3) is 0.364. The number of hydrogen-bond donors (Lipinski definition) is 2. The van der Waals surface area contributed by atoms with Gasteiger partial charge in [-0.1, -0.05) is 50.7 Å². The first-order valence-corrected chi connectivity index (χ1v) is 10.0. The van der Waals surface area contributed by atoms with Gasteiger partial charge in [-0.3, -0.25) is 0 Å². The molecule has 1 heterocycles. The molecule has 0 aliphatic rings. The van der Waals surface area contributed by atoms with Crippen LogP contribution in [0.2, 0.25) is 0 Å². The summed E-state index contributed by atoms with van der Waals surface area (Å²) in [6.45, 7) is 6.85. The third-order valence-corrected chi connectivity index (χ3v) is 4.32. The normalized spacial score (nSPS) is 10.4. The van der Waals surface area contributed by atoms with Crippen LogP contribution in [0.1, 0.15) is 45.9 Å². The van der Waals surface area contributed by atoms with E-state index in [4.69, 9.17) is 12.2 Å². The Hall–Kier alpha value is -2.27. The summed E-state index contributed by atoms with van der Waals surface area (Å²) in [5.41, 5.74) is 4.05. The van der Waals surface area contributed by atoms with Crippen LogP contribution in [0.5, 0.6) is 0 Å². The van der Waals surface area contributed by atoms with Crippen molar-refractivity contribution in [2.24, 2.45) is 0 Å². The first kappa shape index (κ1) is 21.0. The Morgan fingerprint density at radius 1 is 1.04 bits per heavy atom. The third-order valence-electron chi connectivity index (χ3n) is 4.17. The van der Waals surface area contributed by atoms with Gasteiger partial charge in [0.1, 0.15) is 11.6 Å². The van der Waals surface area contributed by atoms with Gasteiger partial charge in [0.05, 0.1) is 16.0 Å². The lowest BCUT2D eigenvalue weighted by Gasteiger charge is -2.02. The average Bonchev–Trinajstić information content (AvgIpc) is 3.08. The van der Waals surface area contributed by atoms with Crippen LogP contribution in [0.4, 0.5) is 4.39 Å². The molecular formula is C22H28FN3S. The second kappa shape index (κ2) is 10.8. The number of unbranched alkanes of at least 4 members (excludes halogenated alkanes) is 2. The predicted molar refractivity (Wildman–Crippen MR) is 117 cm³/mol. The summed E-state index contributed by atoms with van der Waals surface area (Å²) in [7, 11) is 0. The Morgan fingerprint density at radius 2 is 1.74 bits per heavy atom. The molecule has 3 aromatic rings. The molecule has 3 nitrogen and oxygen atoms in total. The summed E-state index contributed by atoms with van der Waals surface area (Å²) in [6.07, 6.45) is 4.30. The number of nitrogens with zero attached hydrogens (tertiary/aromatic N) is 1. The zero-order valence-electron chi connectivity index (χ0n) is 16.3. The Bertz CT molecular complexity index is 856. The first-order chi connectivity index (χ1) is 13.1. The van der Waals surface area contributed by atoms with Crippen LogP contribution >= 0.6 is 12.2 Å². The summed E-state index contributed by atoms with van der Waals surface area (Å²) in [4.78, 5) is 8.92. The third kappa shape index (κ3) is 6.43. The molecule has 0 amide bonds. The van der Waals surface area contributed by atoms with E-state index < -0.39 is 0 Å². The van der Waals surface area contributed by atoms with Gasteiger partial charge in [-0.05, 0) is 55.2 Å². The van der Waals surface area contributed by atoms with Crippen molar-refractivity contribution in [3.05, 3.63) is 54.1 Å². The lowest BCUT2D eigenvalue weighted by Crippen LogP contribution is -2.19. The van der Waals surface area contributed by atoms with E-state index in [1.807, 2.05) is 32.9 Å². The van der Waals surface area contributed by atoms with Gasteiger partial charge in [0.15, 0.2) is 0 Å². The molecule has 0 atom stereocenters. The number of H-pyrrole nitrogens is 1. The van der Waals surface area contributed by atoms with Crippen LogP contribution in [0.3, 0.4) is 0 Å². The van der Waals surface area contributed by atoms with Crippen LogP contribution in [-0.2, 0) is 6.42 Å². The van der Waals surface area contributed by atoms with Crippen LogP contribution in [0, 0.1) is 5.82 Å². The number of imidazole rings is 1. The summed E-state index contributed by atoms with van der Waals surface area (Å²) in [6, 6.07) is 12.7. The van der Waals surface area contributed by atoms with Crippen LogP contribution in [0.25, 0.3) is 22.2 Å². The predicted octanol–water partition coefficient (Wildman–Crippen LogP) is 6.04. The summed E-state index contributed by atoms with van der Waals surface area (Å²) < 4.78 is 13.1. The van der Waals surface area contributed by atoms with Gasteiger partial charge in [-0.2, -0.15) is 0 Å². The highest BCUT2D eigenvalue weighted by Gasteiger charge is 2.05. The Morgan fingerprint density at radius 3 is 2.44 bits per heavy atom. The van der Waals surface area contributed by atoms with Crippen molar-refractivity contribution in [3.63, 3.8) is 0 Å². The minimum atomic E-state index is -0.218. The fourth-order valence-corrected chi connectivity index (χ4v) is 2.96. The molecule has 3 rings (SSSR count). The zero-order valence-corrected chi connectivity index (χ0v) is 17.1. The maximum Gasteiger partial charge on any atom is 0.123 e. The number of hydrogen-bond acceptors (Lipinski definition) is 2. The molecule has 27 heavy (non-hydrogen) atoms. The molecular weight excluding hydrogens is 357 g/mol. The van der Waals surface area contributed by atoms with Gasteiger partial charge in [0.25, 0.3) is 0 Å². The molecule has 5 heteroatoms. The first-order valence-electron chi connectivity index (χ1n) is 9.61. The fourth-order valence-electron chi connectivity index (χ4n) is 2.86. The Balaban J connectivity index is 0.00000126. The van der Waals surface area contributed by atoms with Crippen LogP contribution in [0.15, 0.2) is 42.5 Å². The van der Waals surface area contributed by atoms with Crippen LogP contribution in [-0.4, -0.2) is 21.5 Å². The van der Waals surface area contributed by atoms with Crippen LogP contribution < -0.4 is 5.32 Å². The molecule has 1 aromatic heterocycles. The monoisotopic (exact) mass is 385 g/mol. The molecule has 0 unspecified atom stereocenters. The molecule has 2 aromatic carbocycles. The van der Waals surface area contributed by atoms with E-state index in [-0.39, 0.29) is 5.82 Å².